The number of halogens is 3. The number of rotatable bonds is 3. The van der Waals surface area contributed by atoms with Gasteiger partial charge in [-0.3, -0.25) is 4.79 Å². The first-order chi connectivity index (χ1) is 12.7. The van der Waals surface area contributed by atoms with Crippen LogP contribution in [-0.2, 0) is 20.5 Å². The molecule has 144 valence electrons. The van der Waals surface area contributed by atoms with Crippen LogP contribution in [0.1, 0.15) is 29.8 Å². The van der Waals surface area contributed by atoms with Gasteiger partial charge in [0, 0.05) is 0 Å². The van der Waals surface area contributed by atoms with E-state index in [1.807, 2.05) is 6.92 Å². The molecule has 0 radical (unpaired) electrons. The average Bonchev–Trinajstić information content (AvgIpc) is 3.03. The highest BCUT2D eigenvalue weighted by atomic mass is 32.2. The molecule has 1 aromatic carbocycles. The molecule has 0 saturated carbocycles. The molecule has 2 unspecified atom stereocenters. The normalized spacial score (nSPS) is 25.5. The zero-order valence-corrected chi connectivity index (χ0v) is 15.6. The maximum atomic E-state index is 12.8. The highest BCUT2D eigenvalue weighted by Crippen LogP contribution is 2.46. The van der Waals surface area contributed by atoms with Crippen molar-refractivity contribution in [1.29, 1.82) is 0 Å². The topological polar surface area (TPSA) is 46.6 Å². The molecule has 3 rings (SSSR count). The minimum Gasteiger partial charge on any atom is -0.465 e. The Morgan fingerprint density at radius 1 is 1.30 bits per heavy atom. The van der Waals surface area contributed by atoms with E-state index in [1.54, 1.807) is 23.1 Å². The number of alkyl halides is 3. The Labute approximate surface area is 159 Å². The molecule has 1 saturated heterocycles. The number of hydrogen-bond acceptors (Lipinski definition) is 4. The van der Waals surface area contributed by atoms with Crippen LogP contribution < -0.4 is 0 Å². The maximum absolute atomic E-state index is 12.8. The highest BCUT2D eigenvalue weighted by molar-refractivity contribution is 8.00. The van der Waals surface area contributed by atoms with Gasteiger partial charge in [0.2, 0.25) is 5.91 Å². The zero-order chi connectivity index (χ0) is 19.8. The molecule has 1 aromatic rings. The lowest BCUT2D eigenvalue weighted by Crippen LogP contribution is -2.47. The van der Waals surface area contributed by atoms with Crippen LogP contribution in [0.25, 0.3) is 0 Å². The second kappa shape index (κ2) is 7.07. The molecule has 0 aromatic heterocycles. The number of benzene rings is 1. The molecule has 0 N–H and O–H groups in total. The fraction of sp³-hybridized carbons (Fsp3) is 0.368. The number of methoxy groups -OCH3 is 1. The van der Waals surface area contributed by atoms with Crippen LogP contribution in [-0.4, -0.2) is 35.2 Å². The number of hydrogen-bond donors (Lipinski definition) is 0. The molecule has 0 bridgehead atoms. The van der Waals surface area contributed by atoms with E-state index in [-0.39, 0.29) is 17.0 Å². The monoisotopic (exact) mass is 397 g/mol. The number of amides is 1. The fourth-order valence-corrected chi connectivity index (χ4v) is 4.53. The third-order valence-corrected chi connectivity index (χ3v) is 5.93. The highest BCUT2D eigenvalue weighted by Gasteiger charge is 2.44. The van der Waals surface area contributed by atoms with Crippen LogP contribution >= 0.6 is 11.8 Å². The standard InChI is InChI=1S/C19H18F3NO3S/c1-18(9-7-13(8-10-18)17(25)26-2)23-15(24)11-27-16(23)12-3-5-14(6-4-12)19(20,21)22/h3-9,16H,10-11H2,1-2H3. The molecule has 1 aliphatic carbocycles. The Morgan fingerprint density at radius 3 is 2.48 bits per heavy atom. The summed E-state index contributed by atoms with van der Waals surface area (Å²) in [5, 5.41) is -0.387. The summed E-state index contributed by atoms with van der Waals surface area (Å²) < 4.78 is 43.1. The summed E-state index contributed by atoms with van der Waals surface area (Å²) in [6.45, 7) is 1.87. The zero-order valence-electron chi connectivity index (χ0n) is 14.7. The van der Waals surface area contributed by atoms with Crippen molar-refractivity contribution in [2.24, 2.45) is 0 Å². The van der Waals surface area contributed by atoms with E-state index < -0.39 is 23.2 Å². The van der Waals surface area contributed by atoms with Gasteiger partial charge in [-0.05, 0) is 37.1 Å². The summed E-state index contributed by atoms with van der Waals surface area (Å²) in [7, 11) is 1.30. The molecule has 2 atom stereocenters. The largest absolute Gasteiger partial charge is 0.465 e. The van der Waals surface area contributed by atoms with Crippen molar-refractivity contribution in [3.05, 3.63) is 59.2 Å². The molecule has 1 heterocycles. The summed E-state index contributed by atoms with van der Waals surface area (Å²) in [5.41, 5.74) is -0.344. The lowest BCUT2D eigenvalue weighted by Gasteiger charge is -2.41. The third-order valence-electron chi connectivity index (χ3n) is 4.72. The number of carbonyl (C=O) groups is 2. The predicted molar refractivity (Wildman–Crippen MR) is 95.8 cm³/mol. The Balaban J connectivity index is 1.86. The number of esters is 1. The van der Waals surface area contributed by atoms with Crippen LogP contribution in [0.5, 0.6) is 0 Å². The molecule has 1 fully saturated rings. The predicted octanol–water partition coefficient (Wildman–Crippen LogP) is 4.10. The SMILES string of the molecule is COC(=O)C1=CCC(C)(N2C(=O)CSC2c2ccc(C(F)(F)F)cc2)C=C1. The smallest absolute Gasteiger partial charge is 0.416 e. The first-order valence-corrected chi connectivity index (χ1v) is 9.29. The van der Waals surface area contributed by atoms with Crippen LogP contribution in [0.3, 0.4) is 0 Å². The summed E-state index contributed by atoms with van der Waals surface area (Å²) >= 11 is 1.38. The Morgan fingerprint density at radius 2 is 1.96 bits per heavy atom. The summed E-state index contributed by atoms with van der Waals surface area (Å²) in [6, 6.07) is 4.89. The van der Waals surface area contributed by atoms with Crippen LogP contribution in [0.15, 0.2) is 48.1 Å². The van der Waals surface area contributed by atoms with Gasteiger partial charge in [-0.1, -0.05) is 24.3 Å². The van der Waals surface area contributed by atoms with Gasteiger partial charge in [0.05, 0.1) is 29.5 Å². The molecule has 1 aliphatic heterocycles. The molecule has 27 heavy (non-hydrogen) atoms. The van der Waals surface area contributed by atoms with Crippen molar-refractivity contribution in [2.75, 3.05) is 12.9 Å². The minimum absolute atomic E-state index is 0.0908. The molecule has 2 aliphatic rings. The van der Waals surface area contributed by atoms with Gasteiger partial charge in [0.1, 0.15) is 5.37 Å². The van der Waals surface area contributed by atoms with Gasteiger partial charge in [-0.2, -0.15) is 13.2 Å². The van der Waals surface area contributed by atoms with Crippen LogP contribution in [0.4, 0.5) is 13.2 Å². The summed E-state index contributed by atoms with van der Waals surface area (Å²) in [6.07, 6.45) is 1.13. The number of nitrogens with zero attached hydrogens (tertiary/aromatic N) is 1. The number of thioether (sulfide) groups is 1. The van der Waals surface area contributed by atoms with Gasteiger partial charge in [0.25, 0.3) is 0 Å². The van der Waals surface area contributed by atoms with Gasteiger partial charge in [-0.15, -0.1) is 11.8 Å². The Hall–Kier alpha value is -2.22. The quantitative estimate of drug-likeness (QED) is 0.721. The van der Waals surface area contributed by atoms with E-state index >= 15 is 0 Å². The summed E-state index contributed by atoms with van der Waals surface area (Å²) in [5.74, 6) is -0.287. The molecule has 4 nitrogen and oxygen atoms in total. The lowest BCUT2D eigenvalue weighted by molar-refractivity contribution is -0.138. The van der Waals surface area contributed by atoms with E-state index in [2.05, 4.69) is 0 Å². The van der Waals surface area contributed by atoms with E-state index in [4.69, 9.17) is 4.74 Å². The summed E-state index contributed by atoms with van der Waals surface area (Å²) in [4.78, 5) is 25.9. The lowest BCUT2D eigenvalue weighted by atomic mass is 9.88. The molecule has 8 heteroatoms. The van der Waals surface area contributed by atoms with E-state index in [1.165, 1.54) is 31.0 Å². The van der Waals surface area contributed by atoms with Crippen molar-refractivity contribution < 1.29 is 27.5 Å². The fourth-order valence-electron chi connectivity index (χ4n) is 3.23. The van der Waals surface area contributed by atoms with Gasteiger partial charge in [0.15, 0.2) is 0 Å². The van der Waals surface area contributed by atoms with E-state index in [0.29, 0.717) is 17.6 Å². The van der Waals surface area contributed by atoms with Gasteiger partial charge in [-0.25, -0.2) is 4.79 Å². The van der Waals surface area contributed by atoms with Crippen molar-refractivity contribution >= 4 is 23.6 Å². The molecular weight excluding hydrogens is 379 g/mol. The first-order valence-electron chi connectivity index (χ1n) is 8.24. The van der Waals surface area contributed by atoms with Crippen molar-refractivity contribution in [3.63, 3.8) is 0 Å². The van der Waals surface area contributed by atoms with Crippen molar-refractivity contribution in [2.45, 2.75) is 30.4 Å². The van der Waals surface area contributed by atoms with E-state index in [9.17, 15) is 22.8 Å². The third kappa shape index (κ3) is 3.76. The van der Waals surface area contributed by atoms with Crippen LogP contribution in [0.2, 0.25) is 0 Å². The van der Waals surface area contributed by atoms with Gasteiger partial charge >= 0.3 is 12.1 Å². The average molecular weight is 397 g/mol. The van der Waals surface area contributed by atoms with E-state index in [0.717, 1.165) is 12.1 Å². The van der Waals surface area contributed by atoms with Crippen molar-refractivity contribution in [1.82, 2.24) is 4.90 Å². The molecule has 1 amide bonds. The number of ether oxygens (including phenoxy) is 1. The Kier molecular flexibility index (Phi) is 5.12. The minimum atomic E-state index is -4.40. The second-order valence-corrected chi connectivity index (χ2v) is 7.66. The molecule has 0 spiro atoms. The van der Waals surface area contributed by atoms with Crippen molar-refractivity contribution in [3.8, 4) is 0 Å². The molecular formula is C19H18F3NO3S. The Bertz CT molecular complexity index is 816. The number of carbonyl (C=O) groups excluding carboxylic acids is 2. The second-order valence-electron chi connectivity index (χ2n) is 6.59. The maximum Gasteiger partial charge on any atom is 0.416 e. The van der Waals surface area contributed by atoms with Gasteiger partial charge < -0.3 is 9.64 Å². The van der Waals surface area contributed by atoms with Crippen LogP contribution in [0, 0.1) is 0 Å². The first kappa shape index (κ1) is 19.5.